The highest BCUT2D eigenvalue weighted by Gasteiger charge is 2.16. The fourth-order valence-electron chi connectivity index (χ4n) is 2.53. The highest BCUT2D eigenvalue weighted by Crippen LogP contribution is 2.25. The number of benzene rings is 1. The van der Waals surface area contributed by atoms with Gasteiger partial charge in [0.1, 0.15) is 6.61 Å². The van der Waals surface area contributed by atoms with Crippen molar-refractivity contribution in [1.29, 1.82) is 0 Å². The van der Waals surface area contributed by atoms with Crippen LogP contribution in [-0.4, -0.2) is 62.1 Å². The van der Waals surface area contributed by atoms with Gasteiger partial charge in [0, 0.05) is 39.6 Å². The predicted octanol–water partition coefficient (Wildman–Crippen LogP) is 1.63. The zero-order valence-corrected chi connectivity index (χ0v) is 12.9. The molecule has 0 aliphatic carbocycles. The number of carbonyl (C=O) groups excluding carboxylic acids is 1. The highest BCUT2D eigenvalue weighted by molar-refractivity contribution is 5.73. The lowest BCUT2D eigenvalue weighted by Crippen LogP contribution is -2.35. The van der Waals surface area contributed by atoms with E-state index in [0.29, 0.717) is 6.61 Å². The Morgan fingerprint density at radius 2 is 1.90 bits per heavy atom. The first-order valence-electron chi connectivity index (χ1n) is 7.44. The van der Waals surface area contributed by atoms with Gasteiger partial charge in [-0.2, -0.15) is 0 Å². The first-order valence-corrected chi connectivity index (χ1v) is 7.44. The second-order valence-corrected chi connectivity index (χ2v) is 5.20. The monoisotopic (exact) mass is 292 g/mol. The fraction of sp³-hybridized carbons (Fsp3) is 0.562. The second-order valence-electron chi connectivity index (χ2n) is 5.20. The van der Waals surface area contributed by atoms with Crippen molar-refractivity contribution in [3.8, 4) is 11.5 Å². The summed E-state index contributed by atoms with van der Waals surface area (Å²) in [7, 11) is 1.65. The standard InChI is InChI=1S/C16H24N2O3/c1-14(19)18-9-5-8-17(10-11-18)12-13-21-16-7-4-3-6-15(16)20-2/h3-4,6-7H,5,8-13H2,1-2H3. The molecule has 21 heavy (non-hydrogen) atoms. The minimum absolute atomic E-state index is 0.169. The van der Waals surface area contributed by atoms with Gasteiger partial charge in [-0.15, -0.1) is 0 Å². The van der Waals surface area contributed by atoms with Crippen LogP contribution in [-0.2, 0) is 4.79 Å². The summed E-state index contributed by atoms with van der Waals surface area (Å²) in [5.41, 5.74) is 0. The van der Waals surface area contributed by atoms with Crippen LogP contribution >= 0.6 is 0 Å². The molecular weight excluding hydrogens is 268 g/mol. The minimum atomic E-state index is 0.169. The zero-order valence-electron chi connectivity index (χ0n) is 12.9. The molecule has 1 aliphatic heterocycles. The first-order chi connectivity index (χ1) is 10.2. The summed E-state index contributed by atoms with van der Waals surface area (Å²) in [5, 5.41) is 0. The summed E-state index contributed by atoms with van der Waals surface area (Å²) in [6, 6.07) is 7.68. The second kappa shape index (κ2) is 7.88. The third-order valence-corrected chi connectivity index (χ3v) is 3.77. The van der Waals surface area contributed by atoms with Crippen molar-refractivity contribution in [2.45, 2.75) is 13.3 Å². The van der Waals surface area contributed by atoms with Gasteiger partial charge >= 0.3 is 0 Å². The molecule has 1 amide bonds. The van der Waals surface area contributed by atoms with E-state index < -0.39 is 0 Å². The highest BCUT2D eigenvalue weighted by atomic mass is 16.5. The van der Waals surface area contributed by atoms with E-state index in [9.17, 15) is 4.79 Å². The molecule has 116 valence electrons. The third kappa shape index (κ3) is 4.63. The van der Waals surface area contributed by atoms with Gasteiger partial charge in [-0.3, -0.25) is 9.69 Å². The summed E-state index contributed by atoms with van der Waals surface area (Å²) >= 11 is 0. The molecule has 0 spiro atoms. The van der Waals surface area contributed by atoms with Crippen molar-refractivity contribution in [3.05, 3.63) is 24.3 Å². The Balaban J connectivity index is 1.77. The number of hydrogen-bond donors (Lipinski definition) is 0. The number of hydrogen-bond acceptors (Lipinski definition) is 4. The lowest BCUT2D eigenvalue weighted by molar-refractivity contribution is -0.128. The van der Waals surface area contributed by atoms with E-state index in [0.717, 1.165) is 50.6 Å². The average Bonchev–Trinajstić information content (AvgIpc) is 2.73. The van der Waals surface area contributed by atoms with E-state index in [1.54, 1.807) is 14.0 Å². The van der Waals surface area contributed by atoms with Crippen molar-refractivity contribution in [2.24, 2.45) is 0 Å². The summed E-state index contributed by atoms with van der Waals surface area (Å²) in [6.45, 7) is 6.72. The molecule has 1 heterocycles. The van der Waals surface area contributed by atoms with Gasteiger partial charge in [-0.05, 0) is 18.6 Å². The Bertz CT molecular complexity index is 465. The number of rotatable bonds is 5. The van der Waals surface area contributed by atoms with E-state index in [4.69, 9.17) is 9.47 Å². The van der Waals surface area contributed by atoms with Gasteiger partial charge < -0.3 is 14.4 Å². The Morgan fingerprint density at radius 3 is 2.62 bits per heavy atom. The molecule has 2 rings (SSSR count). The zero-order chi connectivity index (χ0) is 15.1. The average molecular weight is 292 g/mol. The molecule has 1 saturated heterocycles. The molecular formula is C16H24N2O3. The molecule has 1 aromatic carbocycles. The Kier molecular flexibility index (Phi) is 5.87. The molecule has 1 fully saturated rings. The molecule has 0 saturated carbocycles. The van der Waals surface area contributed by atoms with Crippen LogP contribution in [0.2, 0.25) is 0 Å². The maximum absolute atomic E-state index is 11.4. The van der Waals surface area contributed by atoms with Crippen LogP contribution in [0.1, 0.15) is 13.3 Å². The van der Waals surface area contributed by atoms with Crippen LogP contribution < -0.4 is 9.47 Å². The van der Waals surface area contributed by atoms with Crippen LogP contribution in [0.4, 0.5) is 0 Å². The molecule has 0 atom stereocenters. The largest absolute Gasteiger partial charge is 0.493 e. The third-order valence-electron chi connectivity index (χ3n) is 3.77. The van der Waals surface area contributed by atoms with E-state index in [1.807, 2.05) is 29.2 Å². The van der Waals surface area contributed by atoms with Crippen LogP contribution in [0.25, 0.3) is 0 Å². The SMILES string of the molecule is COc1ccccc1OCCN1CCCN(C(C)=O)CC1. The number of carbonyl (C=O) groups is 1. The predicted molar refractivity (Wildman–Crippen MR) is 81.8 cm³/mol. The first kappa shape index (κ1) is 15.6. The van der Waals surface area contributed by atoms with Gasteiger partial charge in [0.2, 0.25) is 5.91 Å². The van der Waals surface area contributed by atoms with Crippen molar-refractivity contribution < 1.29 is 14.3 Å². The molecule has 0 aromatic heterocycles. The van der Waals surface area contributed by atoms with Crippen molar-refractivity contribution in [3.63, 3.8) is 0 Å². The van der Waals surface area contributed by atoms with Crippen molar-refractivity contribution >= 4 is 5.91 Å². The van der Waals surface area contributed by atoms with Gasteiger partial charge in [-0.1, -0.05) is 12.1 Å². The molecule has 0 N–H and O–H groups in total. The Morgan fingerprint density at radius 1 is 1.14 bits per heavy atom. The fourth-order valence-corrected chi connectivity index (χ4v) is 2.53. The molecule has 5 heteroatoms. The number of para-hydroxylation sites is 2. The molecule has 5 nitrogen and oxygen atoms in total. The van der Waals surface area contributed by atoms with Crippen LogP contribution in [0.5, 0.6) is 11.5 Å². The molecule has 1 aromatic rings. The van der Waals surface area contributed by atoms with Gasteiger partial charge in [0.15, 0.2) is 11.5 Å². The Labute approximate surface area is 126 Å². The normalized spacial score (nSPS) is 16.4. The van der Waals surface area contributed by atoms with E-state index >= 15 is 0 Å². The van der Waals surface area contributed by atoms with Crippen LogP contribution in [0, 0.1) is 0 Å². The van der Waals surface area contributed by atoms with Crippen LogP contribution in [0.3, 0.4) is 0 Å². The summed E-state index contributed by atoms with van der Waals surface area (Å²) in [5.74, 6) is 1.71. The number of methoxy groups -OCH3 is 1. The molecule has 0 bridgehead atoms. The lowest BCUT2D eigenvalue weighted by Gasteiger charge is -2.21. The molecule has 1 aliphatic rings. The maximum Gasteiger partial charge on any atom is 0.219 e. The molecule has 0 radical (unpaired) electrons. The van der Waals surface area contributed by atoms with E-state index in [2.05, 4.69) is 4.90 Å². The van der Waals surface area contributed by atoms with E-state index in [1.165, 1.54) is 0 Å². The lowest BCUT2D eigenvalue weighted by atomic mass is 10.3. The quantitative estimate of drug-likeness (QED) is 0.827. The minimum Gasteiger partial charge on any atom is -0.493 e. The Hall–Kier alpha value is -1.75. The van der Waals surface area contributed by atoms with Crippen molar-refractivity contribution in [2.75, 3.05) is 46.4 Å². The van der Waals surface area contributed by atoms with E-state index in [-0.39, 0.29) is 5.91 Å². The summed E-state index contributed by atoms with van der Waals surface area (Å²) in [4.78, 5) is 15.7. The number of amides is 1. The van der Waals surface area contributed by atoms with Crippen LogP contribution in [0.15, 0.2) is 24.3 Å². The van der Waals surface area contributed by atoms with Crippen molar-refractivity contribution in [1.82, 2.24) is 9.80 Å². The van der Waals surface area contributed by atoms with Gasteiger partial charge in [-0.25, -0.2) is 0 Å². The summed E-state index contributed by atoms with van der Waals surface area (Å²) < 4.78 is 11.1. The van der Waals surface area contributed by atoms with Gasteiger partial charge in [0.25, 0.3) is 0 Å². The maximum atomic E-state index is 11.4. The summed E-state index contributed by atoms with van der Waals surface area (Å²) in [6.07, 6.45) is 1.02. The molecule has 0 unspecified atom stereocenters. The topological polar surface area (TPSA) is 42.0 Å². The smallest absolute Gasteiger partial charge is 0.219 e. The number of ether oxygens (including phenoxy) is 2. The van der Waals surface area contributed by atoms with Gasteiger partial charge in [0.05, 0.1) is 7.11 Å². The number of nitrogens with zero attached hydrogens (tertiary/aromatic N) is 2.